The zero-order valence-electron chi connectivity index (χ0n) is 11.2. The van der Waals surface area contributed by atoms with Gasteiger partial charge in [0.1, 0.15) is 4.34 Å². The fourth-order valence-corrected chi connectivity index (χ4v) is 2.78. The second kappa shape index (κ2) is 8.32. The van der Waals surface area contributed by atoms with E-state index >= 15 is 0 Å². The van der Waals surface area contributed by atoms with Gasteiger partial charge in [-0.25, -0.2) is 0 Å². The molecule has 110 valence electrons. The van der Waals surface area contributed by atoms with Crippen molar-refractivity contribution in [3.63, 3.8) is 0 Å². The van der Waals surface area contributed by atoms with Crippen LogP contribution in [0.4, 0.5) is 0 Å². The Bertz CT molecular complexity index is 404. The molecule has 0 saturated carbocycles. The molecule has 7 heteroatoms. The quantitative estimate of drug-likeness (QED) is 0.879. The zero-order valence-corrected chi connectivity index (χ0v) is 14.3. The van der Waals surface area contributed by atoms with Gasteiger partial charge in [-0.05, 0) is 18.4 Å². The van der Waals surface area contributed by atoms with Gasteiger partial charge in [-0.3, -0.25) is 4.79 Å². The molecule has 0 radical (unpaired) electrons. The monoisotopic (exact) mass is 344 g/mol. The first-order chi connectivity index (χ1) is 8.32. The minimum atomic E-state index is -0.0650. The lowest BCUT2D eigenvalue weighted by Crippen LogP contribution is -2.34. The molecule has 1 amide bonds. The molecule has 19 heavy (non-hydrogen) atoms. The van der Waals surface area contributed by atoms with Crippen molar-refractivity contribution in [2.75, 3.05) is 13.6 Å². The van der Waals surface area contributed by atoms with Crippen LogP contribution in [-0.2, 0) is 0 Å². The third-order valence-electron chi connectivity index (χ3n) is 2.86. The molecule has 2 N–H and O–H groups in total. The lowest BCUT2D eigenvalue weighted by atomic mass is 10.0. The van der Waals surface area contributed by atoms with Crippen LogP contribution < -0.4 is 5.73 Å². The van der Waals surface area contributed by atoms with Crippen molar-refractivity contribution in [2.45, 2.75) is 26.3 Å². The van der Waals surface area contributed by atoms with Crippen molar-refractivity contribution in [3.05, 3.63) is 20.3 Å². The summed E-state index contributed by atoms with van der Waals surface area (Å²) in [5.41, 5.74) is 5.95. The van der Waals surface area contributed by atoms with Gasteiger partial charge < -0.3 is 10.6 Å². The molecule has 0 spiro atoms. The van der Waals surface area contributed by atoms with Crippen LogP contribution in [0.2, 0.25) is 9.36 Å². The maximum absolute atomic E-state index is 12.1. The van der Waals surface area contributed by atoms with E-state index in [-0.39, 0.29) is 24.4 Å². The van der Waals surface area contributed by atoms with Gasteiger partial charge in [-0.1, -0.05) is 37.0 Å². The fourth-order valence-electron chi connectivity index (χ4n) is 1.42. The Morgan fingerprint density at radius 3 is 2.47 bits per heavy atom. The van der Waals surface area contributed by atoms with E-state index in [1.807, 2.05) is 0 Å². The lowest BCUT2D eigenvalue weighted by Gasteiger charge is -2.21. The summed E-state index contributed by atoms with van der Waals surface area (Å²) in [6.07, 6.45) is 0.784. The van der Waals surface area contributed by atoms with Crippen LogP contribution in [0.3, 0.4) is 0 Å². The van der Waals surface area contributed by atoms with Crippen molar-refractivity contribution in [1.29, 1.82) is 0 Å². The molecule has 0 aliphatic heterocycles. The van der Waals surface area contributed by atoms with Crippen LogP contribution in [0.25, 0.3) is 0 Å². The summed E-state index contributed by atoms with van der Waals surface area (Å²) in [6.45, 7) is 4.78. The van der Waals surface area contributed by atoms with Crippen LogP contribution in [-0.4, -0.2) is 30.4 Å². The molecule has 0 saturated heterocycles. The summed E-state index contributed by atoms with van der Waals surface area (Å²) in [6, 6.07) is 1.71. The van der Waals surface area contributed by atoms with Crippen molar-refractivity contribution < 1.29 is 4.79 Å². The molecule has 1 heterocycles. The maximum atomic E-state index is 12.1. The minimum absolute atomic E-state index is 0. The van der Waals surface area contributed by atoms with Crippen LogP contribution in [0.15, 0.2) is 6.07 Å². The van der Waals surface area contributed by atoms with E-state index in [1.165, 1.54) is 11.3 Å². The average Bonchev–Trinajstić information content (AvgIpc) is 2.64. The molecule has 3 nitrogen and oxygen atoms in total. The predicted octanol–water partition coefficient (Wildman–Crippen LogP) is 3.92. The number of nitrogens with two attached hydrogens (primary N) is 1. The number of thiophene rings is 1. The molecule has 0 aromatic carbocycles. The average molecular weight is 346 g/mol. The van der Waals surface area contributed by atoms with E-state index in [4.69, 9.17) is 28.9 Å². The van der Waals surface area contributed by atoms with E-state index in [2.05, 4.69) is 13.8 Å². The van der Waals surface area contributed by atoms with Crippen molar-refractivity contribution in [2.24, 2.45) is 11.7 Å². The standard InChI is InChI=1S/C12H18Cl2N2OS.ClH/c1-7(2)9(15)4-5-16(3)12(17)10-6-8(13)11(14)18-10;/h6-7,9H,4-5,15H2,1-3H3;1H/t9-;/m0./s1. The van der Waals surface area contributed by atoms with E-state index in [9.17, 15) is 4.79 Å². The Balaban J connectivity index is 0.00000324. The van der Waals surface area contributed by atoms with Gasteiger partial charge >= 0.3 is 0 Å². The highest BCUT2D eigenvalue weighted by Crippen LogP contribution is 2.32. The summed E-state index contributed by atoms with van der Waals surface area (Å²) >= 11 is 12.9. The highest BCUT2D eigenvalue weighted by atomic mass is 35.5. The highest BCUT2D eigenvalue weighted by Gasteiger charge is 2.17. The number of carbonyl (C=O) groups is 1. The summed E-state index contributed by atoms with van der Waals surface area (Å²) in [5.74, 6) is 0.351. The lowest BCUT2D eigenvalue weighted by molar-refractivity contribution is 0.0794. The molecule has 0 bridgehead atoms. The van der Waals surface area contributed by atoms with Crippen LogP contribution in [0.5, 0.6) is 0 Å². The van der Waals surface area contributed by atoms with Gasteiger partial charge in [0.25, 0.3) is 5.91 Å². The Labute approximate surface area is 134 Å². The highest BCUT2D eigenvalue weighted by molar-refractivity contribution is 7.18. The van der Waals surface area contributed by atoms with Crippen molar-refractivity contribution >= 4 is 52.9 Å². The third kappa shape index (κ3) is 5.48. The molecule has 0 aliphatic carbocycles. The molecule has 1 aromatic heterocycles. The number of halogens is 3. The minimum Gasteiger partial charge on any atom is -0.341 e. The number of amides is 1. The zero-order chi connectivity index (χ0) is 13.9. The number of hydrogen-bond acceptors (Lipinski definition) is 3. The summed E-state index contributed by atoms with van der Waals surface area (Å²) in [4.78, 5) is 14.3. The number of rotatable bonds is 5. The normalized spacial score (nSPS) is 12.2. The predicted molar refractivity (Wildman–Crippen MR) is 86.0 cm³/mol. The SMILES string of the molecule is CC(C)[C@@H](N)CCN(C)C(=O)c1cc(Cl)c(Cl)s1.Cl. The van der Waals surface area contributed by atoms with Gasteiger partial charge in [0.2, 0.25) is 0 Å². The fraction of sp³-hybridized carbons (Fsp3) is 0.583. The maximum Gasteiger partial charge on any atom is 0.263 e. The molecule has 1 atom stereocenters. The molecule has 0 fully saturated rings. The Hall–Kier alpha value is -0.000000000000000278. The Morgan fingerprint density at radius 2 is 2.05 bits per heavy atom. The second-order valence-electron chi connectivity index (χ2n) is 4.66. The van der Waals surface area contributed by atoms with Gasteiger partial charge in [-0.15, -0.1) is 23.7 Å². The number of carbonyl (C=O) groups excluding carboxylic acids is 1. The van der Waals surface area contributed by atoms with Crippen molar-refractivity contribution in [1.82, 2.24) is 4.90 Å². The van der Waals surface area contributed by atoms with E-state index in [0.717, 1.165) is 6.42 Å². The number of hydrogen-bond donors (Lipinski definition) is 1. The van der Waals surface area contributed by atoms with Crippen LogP contribution in [0, 0.1) is 5.92 Å². The molecule has 0 unspecified atom stereocenters. The van der Waals surface area contributed by atoms with Crippen LogP contribution >= 0.6 is 46.9 Å². The Morgan fingerprint density at radius 1 is 1.47 bits per heavy atom. The molecular weight excluding hydrogens is 327 g/mol. The largest absolute Gasteiger partial charge is 0.341 e. The molecular formula is C12H19Cl3N2OS. The van der Waals surface area contributed by atoms with Gasteiger partial charge in [0.15, 0.2) is 0 Å². The first-order valence-electron chi connectivity index (χ1n) is 5.78. The smallest absolute Gasteiger partial charge is 0.263 e. The van der Waals surface area contributed by atoms with Gasteiger partial charge in [0.05, 0.1) is 9.90 Å². The summed E-state index contributed by atoms with van der Waals surface area (Å²) in [5, 5.41) is 0.428. The summed E-state index contributed by atoms with van der Waals surface area (Å²) in [7, 11) is 1.76. The van der Waals surface area contributed by atoms with E-state index < -0.39 is 0 Å². The third-order valence-corrected chi connectivity index (χ3v) is 4.71. The topological polar surface area (TPSA) is 46.3 Å². The first kappa shape index (κ1) is 19.0. The molecule has 1 aromatic rings. The van der Waals surface area contributed by atoms with Crippen molar-refractivity contribution in [3.8, 4) is 0 Å². The van der Waals surface area contributed by atoms with Gasteiger partial charge in [0, 0.05) is 19.6 Å². The molecule has 1 rings (SSSR count). The van der Waals surface area contributed by atoms with Gasteiger partial charge in [-0.2, -0.15) is 0 Å². The molecule has 0 aliphatic rings. The summed E-state index contributed by atoms with van der Waals surface area (Å²) < 4.78 is 0.451. The first-order valence-corrected chi connectivity index (χ1v) is 7.36. The van der Waals surface area contributed by atoms with E-state index in [0.29, 0.717) is 26.7 Å². The van der Waals surface area contributed by atoms with Crippen LogP contribution in [0.1, 0.15) is 29.9 Å². The Kier molecular flexibility index (Phi) is 8.32. The second-order valence-corrected chi connectivity index (χ2v) is 6.72. The number of nitrogens with zero attached hydrogens (tertiary/aromatic N) is 1. The van der Waals surface area contributed by atoms with E-state index in [1.54, 1.807) is 18.0 Å².